The van der Waals surface area contributed by atoms with Gasteiger partial charge in [-0.25, -0.2) is 0 Å². The Balaban J connectivity index is 1.30. The molecule has 1 atom stereocenters. The molecule has 0 aliphatic carbocycles. The number of nitrogens with zero attached hydrogens (tertiary/aromatic N) is 2. The van der Waals surface area contributed by atoms with Crippen LogP contribution in [0, 0.1) is 0 Å². The Morgan fingerprint density at radius 1 is 0.952 bits per heavy atom. The van der Waals surface area contributed by atoms with E-state index < -0.39 is 0 Å². The predicted molar refractivity (Wildman–Crippen MR) is 171 cm³/mol. The second kappa shape index (κ2) is 12.3. The number of piperazine rings is 1. The van der Waals surface area contributed by atoms with Crippen molar-refractivity contribution in [1.29, 1.82) is 0 Å². The fourth-order valence-corrected chi connectivity index (χ4v) is 6.15. The normalized spacial score (nSPS) is 17.3. The first-order valence-corrected chi connectivity index (χ1v) is 15.2. The van der Waals surface area contributed by atoms with Gasteiger partial charge in [-0.05, 0) is 66.9 Å². The van der Waals surface area contributed by atoms with Crippen LogP contribution in [-0.4, -0.2) is 54.8 Å². The molecule has 3 heterocycles. The van der Waals surface area contributed by atoms with E-state index in [4.69, 9.17) is 0 Å². The second-order valence-electron chi connectivity index (χ2n) is 11.0. The third-order valence-corrected chi connectivity index (χ3v) is 8.62. The van der Waals surface area contributed by atoms with Crippen molar-refractivity contribution in [2.24, 2.45) is 0 Å². The summed E-state index contributed by atoms with van der Waals surface area (Å²) in [5.74, 6) is -0.378. The van der Waals surface area contributed by atoms with Gasteiger partial charge in [-0.1, -0.05) is 42.5 Å². The van der Waals surface area contributed by atoms with E-state index in [9.17, 15) is 9.59 Å². The molecule has 2 aliphatic rings. The quantitative estimate of drug-likeness (QED) is 0.227. The van der Waals surface area contributed by atoms with Crippen molar-refractivity contribution >= 4 is 45.8 Å². The van der Waals surface area contributed by atoms with Crippen molar-refractivity contribution in [3.63, 3.8) is 0 Å². The number of carbonyl (C=O) groups is 2. The molecule has 0 saturated carbocycles. The molecule has 4 aromatic rings. The topological polar surface area (TPSA) is 76.7 Å². The molecule has 2 amide bonds. The Labute approximate surface area is 250 Å². The van der Waals surface area contributed by atoms with Gasteiger partial charge >= 0.3 is 0 Å². The van der Waals surface area contributed by atoms with Crippen molar-refractivity contribution < 1.29 is 9.59 Å². The van der Waals surface area contributed by atoms with E-state index in [1.807, 2.05) is 72.3 Å². The highest BCUT2D eigenvalue weighted by molar-refractivity contribution is 7.08. The zero-order chi connectivity index (χ0) is 29.1. The van der Waals surface area contributed by atoms with Crippen molar-refractivity contribution in [3.05, 3.63) is 117 Å². The molecule has 2 aliphatic heterocycles. The Hall–Kier alpha value is -4.24. The number of rotatable bonds is 8. The van der Waals surface area contributed by atoms with E-state index in [2.05, 4.69) is 51.0 Å². The van der Waals surface area contributed by atoms with Crippen LogP contribution in [0.4, 0.5) is 11.4 Å². The third-order valence-electron chi connectivity index (χ3n) is 7.93. The number of hydrogen-bond acceptors (Lipinski definition) is 6. The van der Waals surface area contributed by atoms with Crippen molar-refractivity contribution in [2.75, 3.05) is 43.9 Å². The van der Waals surface area contributed by atoms with Crippen molar-refractivity contribution in [2.45, 2.75) is 19.5 Å². The molecule has 0 bridgehead atoms. The average Bonchev–Trinajstić information content (AvgIpc) is 3.65. The Morgan fingerprint density at radius 3 is 2.52 bits per heavy atom. The molecule has 1 saturated heterocycles. The Bertz CT molecular complexity index is 1610. The van der Waals surface area contributed by atoms with Gasteiger partial charge in [0, 0.05) is 66.2 Å². The molecule has 8 heteroatoms. The zero-order valence-corrected chi connectivity index (χ0v) is 24.7. The molecule has 7 nitrogen and oxygen atoms in total. The number of thiophene rings is 1. The summed E-state index contributed by atoms with van der Waals surface area (Å²) in [4.78, 5) is 31.5. The van der Waals surface area contributed by atoms with Gasteiger partial charge < -0.3 is 20.9 Å². The highest BCUT2D eigenvalue weighted by atomic mass is 32.1. The van der Waals surface area contributed by atoms with E-state index in [1.165, 1.54) is 5.56 Å². The fraction of sp³-hybridized carbons (Fsp3) is 0.235. The molecule has 214 valence electrons. The number of carbonyl (C=O) groups excluding carboxylic acids is 2. The van der Waals surface area contributed by atoms with Gasteiger partial charge in [-0.2, -0.15) is 11.3 Å². The van der Waals surface area contributed by atoms with Gasteiger partial charge in [0.25, 0.3) is 11.8 Å². The molecule has 1 aromatic heterocycles. The fourth-order valence-electron chi connectivity index (χ4n) is 5.50. The minimum absolute atomic E-state index is 0.150. The van der Waals surface area contributed by atoms with E-state index in [0.29, 0.717) is 22.4 Å². The van der Waals surface area contributed by atoms with Crippen LogP contribution in [0.5, 0.6) is 0 Å². The van der Waals surface area contributed by atoms with Crippen LogP contribution in [0.2, 0.25) is 0 Å². The van der Waals surface area contributed by atoms with Gasteiger partial charge in [0.1, 0.15) is 0 Å². The number of fused-ring (bicyclic) bond motifs is 1. The molecule has 3 aromatic carbocycles. The van der Waals surface area contributed by atoms with Crippen LogP contribution < -0.4 is 16.0 Å². The van der Waals surface area contributed by atoms with E-state index in [0.717, 1.165) is 55.2 Å². The van der Waals surface area contributed by atoms with Gasteiger partial charge in [0.15, 0.2) is 0 Å². The van der Waals surface area contributed by atoms with E-state index in [1.54, 1.807) is 17.4 Å². The molecule has 0 radical (unpaired) electrons. The van der Waals surface area contributed by atoms with Gasteiger partial charge in [0.05, 0.1) is 17.3 Å². The maximum absolute atomic E-state index is 13.4. The number of nitrogens with one attached hydrogen (secondary N) is 3. The lowest BCUT2D eigenvalue weighted by atomic mass is 9.99. The van der Waals surface area contributed by atoms with Crippen LogP contribution >= 0.6 is 11.3 Å². The number of benzene rings is 3. The largest absolute Gasteiger partial charge is 0.354 e. The monoisotopic (exact) mass is 577 g/mol. The Kier molecular flexibility index (Phi) is 8.19. The van der Waals surface area contributed by atoms with Crippen LogP contribution in [0.25, 0.3) is 11.3 Å². The molecule has 42 heavy (non-hydrogen) atoms. The summed E-state index contributed by atoms with van der Waals surface area (Å²) in [7, 11) is 2.17. The lowest BCUT2D eigenvalue weighted by Gasteiger charge is -2.32. The summed E-state index contributed by atoms with van der Waals surface area (Å²) in [5, 5.41) is 13.7. The number of anilines is 2. The van der Waals surface area contributed by atoms with Crippen LogP contribution in [0.1, 0.15) is 45.6 Å². The zero-order valence-electron chi connectivity index (χ0n) is 23.9. The summed E-state index contributed by atoms with van der Waals surface area (Å²) in [5.41, 5.74) is 7.26. The minimum Gasteiger partial charge on any atom is -0.354 e. The summed E-state index contributed by atoms with van der Waals surface area (Å²) in [6.07, 6.45) is 0. The molecule has 1 fully saturated rings. The molecule has 0 unspecified atom stereocenters. The van der Waals surface area contributed by atoms with Crippen LogP contribution in [-0.2, 0) is 11.3 Å². The number of hydrogen-bond donors (Lipinski definition) is 3. The second-order valence-corrected chi connectivity index (χ2v) is 11.8. The molecular weight excluding hydrogens is 542 g/mol. The number of amides is 2. The van der Waals surface area contributed by atoms with Gasteiger partial charge in [-0.15, -0.1) is 0 Å². The van der Waals surface area contributed by atoms with Crippen LogP contribution in [0.3, 0.4) is 0 Å². The lowest BCUT2D eigenvalue weighted by molar-refractivity contribution is -0.110. The molecular formula is C34H35N5O2S. The first-order chi connectivity index (χ1) is 20.4. The van der Waals surface area contributed by atoms with Crippen molar-refractivity contribution in [3.8, 4) is 0 Å². The molecule has 6 rings (SSSR count). The summed E-state index contributed by atoms with van der Waals surface area (Å²) in [6.45, 7) is 7.10. The smallest absolute Gasteiger partial charge is 0.258 e. The lowest BCUT2D eigenvalue weighted by Crippen LogP contribution is -2.43. The van der Waals surface area contributed by atoms with Crippen LogP contribution in [0.15, 0.2) is 89.6 Å². The SMILES string of the molecule is C[C@@H](NC(=O)c1ccc2c(c1)C(=C(Nc1cccc(CN3CCN(C)CC3)c1)c1ccsc1)C(=O)N2)c1ccccc1. The van der Waals surface area contributed by atoms with Gasteiger partial charge in [0.2, 0.25) is 0 Å². The Morgan fingerprint density at radius 2 is 1.76 bits per heavy atom. The molecule has 0 spiro atoms. The third kappa shape index (κ3) is 6.16. The summed E-state index contributed by atoms with van der Waals surface area (Å²) in [6, 6.07) is 25.5. The highest BCUT2D eigenvalue weighted by Crippen LogP contribution is 2.38. The first kappa shape index (κ1) is 27.9. The summed E-state index contributed by atoms with van der Waals surface area (Å²) < 4.78 is 0. The van der Waals surface area contributed by atoms with Gasteiger partial charge in [-0.3, -0.25) is 14.5 Å². The maximum atomic E-state index is 13.4. The van der Waals surface area contributed by atoms with E-state index in [-0.39, 0.29) is 17.9 Å². The average molecular weight is 578 g/mol. The van der Waals surface area contributed by atoms with E-state index >= 15 is 0 Å². The number of likely N-dealkylation sites (N-methyl/N-ethyl adjacent to an activating group) is 1. The molecule has 3 N–H and O–H groups in total. The first-order valence-electron chi connectivity index (χ1n) is 14.3. The standard InChI is InChI=1S/C34H35N5O2S/c1-23(25-8-4-3-5-9-25)35-33(40)26-11-12-30-29(20-26)31(34(41)37-30)32(27-13-18-42-22-27)36-28-10-6-7-24(19-28)21-39-16-14-38(2)15-17-39/h3-13,18-20,22-23,36H,14-17,21H2,1-2H3,(H,35,40)(H,37,41)/t23-/m1/s1. The van der Waals surface area contributed by atoms with Crippen molar-refractivity contribution in [1.82, 2.24) is 15.1 Å². The maximum Gasteiger partial charge on any atom is 0.258 e. The highest BCUT2D eigenvalue weighted by Gasteiger charge is 2.30. The summed E-state index contributed by atoms with van der Waals surface area (Å²) >= 11 is 1.58. The minimum atomic E-state index is -0.192. The predicted octanol–water partition coefficient (Wildman–Crippen LogP) is 5.92.